The lowest BCUT2D eigenvalue weighted by Gasteiger charge is -2.24. The Labute approximate surface area is 113 Å². The van der Waals surface area contributed by atoms with Crippen molar-refractivity contribution in [1.82, 2.24) is 0 Å². The molecule has 0 saturated carbocycles. The number of hydrogen-bond donors (Lipinski definition) is 1. The molecule has 2 N–H and O–H groups in total. The fraction of sp³-hybridized carbons (Fsp3) is 0.571. The lowest BCUT2D eigenvalue weighted by atomic mass is 10.1. The maximum absolute atomic E-state index is 5.91. The third-order valence-electron chi connectivity index (χ3n) is 2.83. The van der Waals surface area contributed by atoms with Gasteiger partial charge in [0.25, 0.3) is 0 Å². The molecule has 1 aromatic rings. The van der Waals surface area contributed by atoms with Crippen LogP contribution in [0, 0.1) is 0 Å². The van der Waals surface area contributed by atoms with Crippen LogP contribution in [0.25, 0.3) is 0 Å². The molecule has 0 aliphatic carbocycles. The van der Waals surface area contributed by atoms with E-state index in [1.165, 1.54) is 24.1 Å². The molecule has 0 bridgehead atoms. The van der Waals surface area contributed by atoms with Crippen molar-refractivity contribution in [2.45, 2.75) is 39.7 Å². The maximum atomic E-state index is 5.91. The predicted molar refractivity (Wildman–Crippen MR) is 79.5 cm³/mol. The summed E-state index contributed by atoms with van der Waals surface area (Å²) in [5.41, 5.74) is 8.37. The van der Waals surface area contributed by atoms with Crippen LogP contribution in [-0.4, -0.2) is 13.1 Å². The highest BCUT2D eigenvalue weighted by atomic mass is 79.9. The number of rotatable bonds is 6. The molecule has 0 amide bonds. The largest absolute Gasteiger partial charge is 0.372 e. The summed E-state index contributed by atoms with van der Waals surface area (Å²) in [4.78, 5) is 2.43. The third kappa shape index (κ3) is 4.00. The van der Waals surface area contributed by atoms with E-state index in [0.717, 1.165) is 17.6 Å². The van der Waals surface area contributed by atoms with Gasteiger partial charge < -0.3 is 10.6 Å². The van der Waals surface area contributed by atoms with Crippen molar-refractivity contribution in [3.8, 4) is 0 Å². The average Bonchev–Trinajstić information content (AvgIpc) is 2.28. The van der Waals surface area contributed by atoms with Gasteiger partial charge in [0.05, 0.1) is 0 Å². The van der Waals surface area contributed by atoms with Crippen LogP contribution in [-0.2, 0) is 0 Å². The van der Waals surface area contributed by atoms with Gasteiger partial charge in [-0.1, -0.05) is 35.8 Å². The molecule has 1 aromatic carbocycles. The summed E-state index contributed by atoms with van der Waals surface area (Å²) in [5.74, 6) is 0. The zero-order valence-corrected chi connectivity index (χ0v) is 12.6. The van der Waals surface area contributed by atoms with Gasteiger partial charge in [0.15, 0.2) is 0 Å². The van der Waals surface area contributed by atoms with E-state index in [4.69, 9.17) is 5.73 Å². The smallest absolute Gasteiger partial charge is 0.0377 e. The van der Waals surface area contributed by atoms with Gasteiger partial charge in [-0.05, 0) is 37.5 Å². The predicted octanol–water partition coefficient (Wildman–Crippen LogP) is 4.10. The Hall–Kier alpha value is -0.540. The monoisotopic (exact) mass is 298 g/mol. The highest BCUT2D eigenvalue weighted by Crippen LogP contribution is 2.27. The maximum Gasteiger partial charge on any atom is 0.0377 e. The Morgan fingerprint density at radius 3 is 2.24 bits per heavy atom. The molecule has 0 saturated heterocycles. The van der Waals surface area contributed by atoms with Crippen molar-refractivity contribution in [1.29, 1.82) is 0 Å². The molecule has 0 aliphatic heterocycles. The van der Waals surface area contributed by atoms with Crippen LogP contribution in [0.2, 0.25) is 0 Å². The van der Waals surface area contributed by atoms with E-state index in [2.05, 4.69) is 52.9 Å². The van der Waals surface area contributed by atoms with E-state index in [1.807, 2.05) is 6.92 Å². The highest BCUT2D eigenvalue weighted by molar-refractivity contribution is 9.10. The first-order chi connectivity index (χ1) is 8.10. The van der Waals surface area contributed by atoms with Crippen LogP contribution in [0.5, 0.6) is 0 Å². The average molecular weight is 299 g/mol. The van der Waals surface area contributed by atoms with Gasteiger partial charge in [0.2, 0.25) is 0 Å². The van der Waals surface area contributed by atoms with Crippen molar-refractivity contribution >= 4 is 21.6 Å². The van der Waals surface area contributed by atoms with Gasteiger partial charge in [-0.25, -0.2) is 0 Å². The Morgan fingerprint density at radius 1 is 1.24 bits per heavy atom. The topological polar surface area (TPSA) is 29.3 Å². The number of nitrogens with zero attached hydrogens (tertiary/aromatic N) is 1. The molecule has 17 heavy (non-hydrogen) atoms. The molecule has 1 atom stereocenters. The molecule has 1 rings (SSSR count). The molecule has 0 fully saturated rings. The first-order valence-electron chi connectivity index (χ1n) is 6.40. The van der Waals surface area contributed by atoms with Crippen molar-refractivity contribution in [3.05, 3.63) is 28.2 Å². The second-order valence-electron chi connectivity index (χ2n) is 4.48. The molecule has 1 unspecified atom stereocenters. The Kier molecular flexibility index (Phi) is 6.00. The fourth-order valence-electron chi connectivity index (χ4n) is 1.99. The van der Waals surface area contributed by atoms with Crippen LogP contribution in [0.4, 0.5) is 5.69 Å². The lowest BCUT2D eigenvalue weighted by molar-refractivity contribution is 0.743. The number of hydrogen-bond acceptors (Lipinski definition) is 2. The molecular formula is C14H23BrN2. The summed E-state index contributed by atoms with van der Waals surface area (Å²) in [7, 11) is 0. The Morgan fingerprint density at radius 2 is 1.82 bits per heavy atom. The molecule has 0 radical (unpaired) electrons. The van der Waals surface area contributed by atoms with Gasteiger partial charge in [-0.2, -0.15) is 0 Å². The van der Waals surface area contributed by atoms with E-state index < -0.39 is 0 Å². The number of halogens is 1. The molecule has 2 nitrogen and oxygen atoms in total. The number of nitrogens with two attached hydrogens (primary N) is 1. The molecule has 0 heterocycles. The Bertz CT molecular complexity index is 344. The van der Waals surface area contributed by atoms with E-state index in [9.17, 15) is 0 Å². The minimum atomic E-state index is 0.0734. The van der Waals surface area contributed by atoms with Crippen LogP contribution in [0.3, 0.4) is 0 Å². The number of anilines is 1. The molecule has 0 aliphatic rings. The highest BCUT2D eigenvalue weighted by Gasteiger charge is 2.09. The van der Waals surface area contributed by atoms with Crippen molar-refractivity contribution in [2.75, 3.05) is 18.0 Å². The van der Waals surface area contributed by atoms with Gasteiger partial charge >= 0.3 is 0 Å². The molecule has 0 aromatic heterocycles. The second kappa shape index (κ2) is 7.02. The minimum Gasteiger partial charge on any atom is -0.372 e. The van der Waals surface area contributed by atoms with Crippen LogP contribution < -0.4 is 10.6 Å². The second-order valence-corrected chi connectivity index (χ2v) is 5.34. The van der Waals surface area contributed by atoms with Crippen LogP contribution >= 0.6 is 15.9 Å². The van der Waals surface area contributed by atoms with Gasteiger partial charge in [-0.3, -0.25) is 0 Å². The Balaban J connectivity index is 2.93. The van der Waals surface area contributed by atoms with E-state index in [1.54, 1.807) is 0 Å². The van der Waals surface area contributed by atoms with Gasteiger partial charge in [0, 0.05) is 29.3 Å². The van der Waals surface area contributed by atoms with Crippen molar-refractivity contribution in [2.24, 2.45) is 5.73 Å². The summed E-state index contributed by atoms with van der Waals surface area (Å²) in [6.07, 6.45) is 2.35. The normalized spacial score (nSPS) is 12.5. The van der Waals surface area contributed by atoms with Crippen molar-refractivity contribution < 1.29 is 0 Å². The standard InChI is InChI=1S/C14H23BrN2/c1-4-8-17(9-5-2)12-6-7-13(11(3)16)14(15)10-12/h6-7,10-11H,4-5,8-9,16H2,1-3H3. The summed E-state index contributed by atoms with van der Waals surface area (Å²) >= 11 is 3.61. The van der Waals surface area contributed by atoms with Crippen LogP contribution in [0.1, 0.15) is 45.2 Å². The molecular weight excluding hydrogens is 276 g/mol. The first kappa shape index (κ1) is 14.5. The summed E-state index contributed by atoms with van der Waals surface area (Å²) in [6.45, 7) is 8.66. The summed E-state index contributed by atoms with van der Waals surface area (Å²) in [6, 6.07) is 6.56. The lowest BCUT2D eigenvalue weighted by Crippen LogP contribution is -2.24. The fourth-order valence-corrected chi connectivity index (χ4v) is 2.72. The zero-order chi connectivity index (χ0) is 12.8. The first-order valence-corrected chi connectivity index (χ1v) is 7.19. The summed E-state index contributed by atoms with van der Waals surface area (Å²) in [5, 5.41) is 0. The van der Waals surface area contributed by atoms with E-state index in [-0.39, 0.29) is 6.04 Å². The van der Waals surface area contributed by atoms with E-state index >= 15 is 0 Å². The zero-order valence-electron chi connectivity index (χ0n) is 11.0. The SMILES string of the molecule is CCCN(CCC)c1ccc(C(C)N)c(Br)c1. The van der Waals surface area contributed by atoms with Crippen LogP contribution in [0.15, 0.2) is 22.7 Å². The van der Waals surface area contributed by atoms with Gasteiger partial charge in [0.1, 0.15) is 0 Å². The number of benzene rings is 1. The summed E-state index contributed by atoms with van der Waals surface area (Å²) < 4.78 is 1.11. The third-order valence-corrected chi connectivity index (χ3v) is 3.51. The van der Waals surface area contributed by atoms with E-state index in [0.29, 0.717) is 0 Å². The van der Waals surface area contributed by atoms with Crippen molar-refractivity contribution in [3.63, 3.8) is 0 Å². The molecule has 3 heteroatoms. The molecule has 0 spiro atoms. The quantitative estimate of drug-likeness (QED) is 0.857. The molecule has 96 valence electrons. The van der Waals surface area contributed by atoms with Gasteiger partial charge in [-0.15, -0.1) is 0 Å². The minimum absolute atomic E-state index is 0.0734.